The molecule has 1 heterocycles. The van der Waals surface area contributed by atoms with Crippen molar-refractivity contribution < 1.29 is 0 Å². The van der Waals surface area contributed by atoms with Crippen LogP contribution in [0.5, 0.6) is 0 Å². The number of nitrogens with zero attached hydrogens (tertiary/aromatic N) is 1. The van der Waals surface area contributed by atoms with E-state index >= 15 is 0 Å². The van der Waals surface area contributed by atoms with Crippen molar-refractivity contribution in [2.45, 2.75) is 26.7 Å². The second kappa shape index (κ2) is 5.14. The minimum absolute atomic E-state index is 0.730. The lowest BCUT2D eigenvalue weighted by molar-refractivity contribution is 0.976. The van der Waals surface area contributed by atoms with Crippen LogP contribution in [0.25, 0.3) is 0 Å². The minimum Gasteiger partial charge on any atom is -0.330 e. The Morgan fingerprint density at radius 2 is 2.46 bits per heavy atom. The summed E-state index contributed by atoms with van der Waals surface area (Å²) in [6.45, 7) is 4.89. The highest BCUT2D eigenvalue weighted by Crippen LogP contribution is 2.13. The maximum Gasteiger partial charge on any atom is 0.0968 e. The summed E-state index contributed by atoms with van der Waals surface area (Å²) in [5, 5.41) is 3.29. The van der Waals surface area contributed by atoms with Crippen LogP contribution in [0.1, 0.15) is 24.0 Å². The molecule has 13 heavy (non-hydrogen) atoms. The highest BCUT2D eigenvalue weighted by Gasteiger charge is 1.98. The number of hydrogen-bond acceptors (Lipinski definition) is 3. The second-order valence-corrected chi connectivity index (χ2v) is 4.13. The van der Waals surface area contributed by atoms with Crippen molar-refractivity contribution in [3.8, 4) is 0 Å². The Labute approximate surface area is 83.5 Å². The van der Waals surface area contributed by atoms with Gasteiger partial charge in [0.05, 0.1) is 5.01 Å². The third-order valence-corrected chi connectivity index (χ3v) is 2.72. The largest absolute Gasteiger partial charge is 0.330 e. The van der Waals surface area contributed by atoms with Gasteiger partial charge in [-0.1, -0.05) is 11.6 Å². The fourth-order valence-electron chi connectivity index (χ4n) is 1.12. The molecule has 0 saturated carbocycles. The van der Waals surface area contributed by atoms with E-state index in [0.717, 1.165) is 25.1 Å². The first-order valence-electron chi connectivity index (χ1n) is 4.49. The van der Waals surface area contributed by atoms with E-state index in [1.54, 1.807) is 11.3 Å². The number of aromatic nitrogens is 1. The molecule has 1 aromatic rings. The number of allylic oxidation sites excluding steroid dienone is 1. The molecule has 0 aliphatic rings. The van der Waals surface area contributed by atoms with E-state index in [1.807, 2.05) is 6.92 Å². The second-order valence-electron chi connectivity index (χ2n) is 3.19. The molecule has 0 aromatic carbocycles. The van der Waals surface area contributed by atoms with Crippen molar-refractivity contribution in [1.82, 2.24) is 4.98 Å². The van der Waals surface area contributed by atoms with Gasteiger partial charge in [0.2, 0.25) is 0 Å². The van der Waals surface area contributed by atoms with Crippen LogP contribution >= 0.6 is 11.3 Å². The molecular formula is C10H16N2S. The Kier molecular flexibility index (Phi) is 4.12. The zero-order valence-corrected chi connectivity index (χ0v) is 9.03. The summed E-state index contributed by atoms with van der Waals surface area (Å²) in [6.07, 6.45) is 4.13. The lowest BCUT2D eigenvalue weighted by Gasteiger charge is -1.96. The highest BCUT2D eigenvalue weighted by atomic mass is 32.1. The molecule has 72 valence electrons. The van der Waals surface area contributed by atoms with Crippen LogP contribution in [-0.2, 0) is 6.42 Å². The van der Waals surface area contributed by atoms with Gasteiger partial charge in [-0.25, -0.2) is 4.98 Å². The van der Waals surface area contributed by atoms with E-state index in [2.05, 4.69) is 23.4 Å². The molecule has 0 radical (unpaired) electrons. The Bertz CT molecular complexity index is 289. The standard InChI is InChI=1S/C10H16N2S/c1-8(4-3-5-11)6-10-12-9(2)7-13-10/h4,7H,3,5-6,11H2,1-2H3. The molecule has 0 fully saturated rings. The summed E-state index contributed by atoms with van der Waals surface area (Å²) < 4.78 is 0. The molecule has 0 unspecified atom stereocenters. The third-order valence-electron chi connectivity index (χ3n) is 1.76. The van der Waals surface area contributed by atoms with E-state index in [1.165, 1.54) is 10.6 Å². The van der Waals surface area contributed by atoms with Gasteiger partial charge < -0.3 is 5.73 Å². The Hall–Kier alpha value is -0.670. The van der Waals surface area contributed by atoms with Gasteiger partial charge in [0.1, 0.15) is 0 Å². The maximum absolute atomic E-state index is 5.42. The summed E-state index contributed by atoms with van der Waals surface area (Å²) in [7, 11) is 0. The predicted octanol–water partition coefficient (Wildman–Crippen LogP) is 2.29. The number of nitrogens with two attached hydrogens (primary N) is 1. The van der Waals surface area contributed by atoms with Gasteiger partial charge >= 0.3 is 0 Å². The van der Waals surface area contributed by atoms with Gasteiger partial charge in [0.25, 0.3) is 0 Å². The number of thiazole rings is 1. The third kappa shape index (κ3) is 3.70. The average molecular weight is 196 g/mol. The Morgan fingerprint density at radius 3 is 3.00 bits per heavy atom. The molecule has 2 nitrogen and oxygen atoms in total. The molecule has 1 aromatic heterocycles. The normalized spacial score (nSPS) is 12.1. The molecule has 0 aliphatic carbocycles. The van der Waals surface area contributed by atoms with Crippen LogP contribution in [0.4, 0.5) is 0 Å². The summed E-state index contributed by atoms with van der Waals surface area (Å²) in [4.78, 5) is 4.41. The van der Waals surface area contributed by atoms with Crippen LogP contribution < -0.4 is 5.73 Å². The lowest BCUT2D eigenvalue weighted by atomic mass is 10.2. The molecule has 0 atom stereocenters. The smallest absolute Gasteiger partial charge is 0.0968 e. The van der Waals surface area contributed by atoms with Crippen LogP contribution in [0.2, 0.25) is 0 Å². The maximum atomic E-state index is 5.42. The summed E-state index contributed by atoms with van der Waals surface area (Å²) in [5.74, 6) is 0. The van der Waals surface area contributed by atoms with E-state index in [-0.39, 0.29) is 0 Å². The van der Waals surface area contributed by atoms with Gasteiger partial charge in [0, 0.05) is 17.5 Å². The van der Waals surface area contributed by atoms with Crippen LogP contribution in [0.15, 0.2) is 17.0 Å². The van der Waals surface area contributed by atoms with Crippen molar-refractivity contribution in [2.75, 3.05) is 6.54 Å². The lowest BCUT2D eigenvalue weighted by Crippen LogP contribution is -1.96. The van der Waals surface area contributed by atoms with Gasteiger partial charge in [0.15, 0.2) is 0 Å². The molecule has 0 saturated heterocycles. The summed E-state index contributed by atoms with van der Waals surface area (Å²) in [6, 6.07) is 0. The SMILES string of the molecule is CC(=CCCN)Cc1nc(C)cs1. The van der Waals surface area contributed by atoms with Crippen LogP contribution in [-0.4, -0.2) is 11.5 Å². The number of rotatable bonds is 4. The van der Waals surface area contributed by atoms with Crippen LogP contribution in [0.3, 0.4) is 0 Å². The van der Waals surface area contributed by atoms with Gasteiger partial charge in [-0.3, -0.25) is 0 Å². The topological polar surface area (TPSA) is 38.9 Å². The molecule has 2 N–H and O–H groups in total. The summed E-state index contributed by atoms with van der Waals surface area (Å²) >= 11 is 1.73. The minimum atomic E-state index is 0.730. The number of aryl methyl sites for hydroxylation is 1. The van der Waals surface area contributed by atoms with E-state index in [0.29, 0.717) is 0 Å². The molecule has 3 heteroatoms. The first-order valence-corrected chi connectivity index (χ1v) is 5.37. The quantitative estimate of drug-likeness (QED) is 0.750. The monoisotopic (exact) mass is 196 g/mol. The average Bonchev–Trinajstić information content (AvgIpc) is 2.48. The molecule has 0 amide bonds. The van der Waals surface area contributed by atoms with Crippen molar-refractivity contribution in [3.63, 3.8) is 0 Å². The van der Waals surface area contributed by atoms with Crippen molar-refractivity contribution in [1.29, 1.82) is 0 Å². The molecule has 0 spiro atoms. The van der Waals surface area contributed by atoms with Crippen molar-refractivity contribution >= 4 is 11.3 Å². The van der Waals surface area contributed by atoms with E-state index < -0.39 is 0 Å². The van der Waals surface area contributed by atoms with Gasteiger partial charge in [-0.15, -0.1) is 11.3 Å². The molecule has 0 bridgehead atoms. The number of hydrogen-bond donors (Lipinski definition) is 1. The zero-order valence-electron chi connectivity index (χ0n) is 8.21. The molecule has 1 rings (SSSR count). The Morgan fingerprint density at radius 1 is 1.69 bits per heavy atom. The van der Waals surface area contributed by atoms with Gasteiger partial charge in [-0.2, -0.15) is 0 Å². The summed E-state index contributed by atoms with van der Waals surface area (Å²) in [5.41, 5.74) is 7.89. The first kappa shape index (κ1) is 10.4. The van der Waals surface area contributed by atoms with Gasteiger partial charge in [-0.05, 0) is 26.8 Å². The first-order chi connectivity index (χ1) is 6.22. The zero-order chi connectivity index (χ0) is 9.68. The predicted molar refractivity (Wildman–Crippen MR) is 58.0 cm³/mol. The fraction of sp³-hybridized carbons (Fsp3) is 0.500. The van der Waals surface area contributed by atoms with E-state index in [4.69, 9.17) is 5.73 Å². The van der Waals surface area contributed by atoms with Crippen LogP contribution in [0, 0.1) is 6.92 Å². The highest BCUT2D eigenvalue weighted by molar-refractivity contribution is 7.09. The van der Waals surface area contributed by atoms with Crippen molar-refractivity contribution in [3.05, 3.63) is 27.7 Å². The molecule has 0 aliphatic heterocycles. The van der Waals surface area contributed by atoms with E-state index in [9.17, 15) is 0 Å². The van der Waals surface area contributed by atoms with Crippen molar-refractivity contribution in [2.24, 2.45) is 5.73 Å². The Balaban J connectivity index is 2.49. The molecular weight excluding hydrogens is 180 g/mol. The fourth-order valence-corrected chi connectivity index (χ4v) is 1.99.